The van der Waals surface area contributed by atoms with Gasteiger partial charge in [-0.05, 0) is 25.1 Å². The quantitative estimate of drug-likeness (QED) is 0.761. The smallest absolute Gasteiger partial charge is 0.265 e. The lowest BCUT2D eigenvalue weighted by Crippen LogP contribution is -2.27. The van der Waals surface area contributed by atoms with Crippen molar-refractivity contribution in [3.8, 4) is 0 Å². The van der Waals surface area contributed by atoms with Crippen molar-refractivity contribution in [2.75, 3.05) is 30.3 Å². The fraction of sp³-hybridized carbons (Fsp3) is 0.455. The van der Waals surface area contributed by atoms with Crippen LogP contribution in [0.2, 0.25) is 0 Å². The van der Waals surface area contributed by atoms with Crippen LogP contribution in [0.1, 0.15) is 18.9 Å². The molecule has 0 bridgehead atoms. The maximum absolute atomic E-state index is 12.8. The van der Waals surface area contributed by atoms with Gasteiger partial charge in [0.2, 0.25) is 0 Å². The van der Waals surface area contributed by atoms with Gasteiger partial charge in [0.25, 0.3) is 6.43 Å². The molecule has 5 heteroatoms. The van der Waals surface area contributed by atoms with Crippen molar-refractivity contribution in [2.45, 2.75) is 13.3 Å². The molecule has 0 aliphatic rings. The number of nitrogen functional groups attached to an aromatic ring is 1. The monoisotopic (exact) mass is 230 g/mol. The Kier molecular flexibility index (Phi) is 4.49. The summed E-state index contributed by atoms with van der Waals surface area (Å²) in [5.41, 5.74) is 6.14. The second kappa shape index (κ2) is 5.65. The molecule has 3 nitrogen and oxygen atoms in total. The SMILES string of the molecule is CCN(CCO)c1ccc(N)cc1C(F)F. The molecular formula is C11H16F2N2O. The molecule has 1 aromatic carbocycles. The molecule has 0 saturated carbocycles. The van der Waals surface area contributed by atoms with Crippen molar-refractivity contribution < 1.29 is 13.9 Å². The lowest BCUT2D eigenvalue weighted by Gasteiger charge is -2.24. The Morgan fingerprint density at radius 2 is 2.12 bits per heavy atom. The van der Waals surface area contributed by atoms with E-state index in [1.54, 1.807) is 17.0 Å². The average molecular weight is 230 g/mol. The minimum atomic E-state index is -2.56. The van der Waals surface area contributed by atoms with Crippen LogP contribution in [0.25, 0.3) is 0 Å². The van der Waals surface area contributed by atoms with Crippen LogP contribution < -0.4 is 10.6 Å². The van der Waals surface area contributed by atoms with E-state index < -0.39 is 6.43 Å². The van der Waals surface area contributed by atoms with Crippen LogP contribution in [0.15, 0.2) is 18.2 Å². The largest absolute Gasteiger partial charge is 0.399 e. The number of aliphatic hydroxyl groups excluding tert-OH is 1. The predicted molar refractivity (Wildman–Crippen MR) is 60.8 cm³/mol. The first kappa shape index (κ1) is 12.7. The van der Waals surface area contributed by atoms with E-state index >= 15 is 0 Å². The minimum Gasteiger partial charge on any atom is -0.399 e. The fourth-order valence-electron chi connectivity index (χ4n) is 1.61. The maximum Gasteiger partial charge on any atom is 0.265 e. The first-order chi connectivity index (χ1) is 7.60. The second-order valence-electron chi connectivity index (χ2n) is 3.42. The third-order valence-corrected chi connectivity index (χ3v) is 2.38. The summed E-state index contributed by atoms with van der Waals surface area (Å²) in [5, 5.41) is 8.86. The van der Waals surface area contributed by atoms with E-state index in [9.17, 15) is 8.78 Å². The standard InChI is InChI=1S/C11H16F2N2O/c1-2-15(5-6-16)10-4-3-8(14)7-9(10)11(12)13/h3-4,7,11,16H,2,5-6,14H2,1H3. The number of hydrogen-bond acceptors (Lipinski definition) is 3. The molecule has 0 unspecified atom stereocenters. The Morgan fingerprint density at radius 3 is 2.62 bits per heavy atom. The van der Waals surface area contributed by atoms with Crippen molar-refractivity contribution in [3.05, 3.63) is 23.8 Å². The van der Waals surface area contributed by atoms with Gasteiger partial charge in [0.1, 0.15) is 0 Å². The van der Waals surface area contributed by atoms with E-state index in [4.69, 9.17) is 10.8 Å². The number of halogens is 2. The van der Waals surface area contributed by atoms with Gasteiger partial charge in [-0.25, -0.2) is 8.78 Å². The van der Waals surface area contributed by atoms with Crippen molar-refractivity contribution in [2.24, 2.45) is 0 Å². The maximum atomic E-state index is 12.8. The molecule has 0 atom stereocenters. The van der Waals surface area contributed by atoms with Crippen molar-refractivity contribution in [1.29, 1.82) is 0 Å². The summed E-state index contributed by atoms with van der Waals surface area (Å²) in [7, 11) is 0. The highest BCUT2D eigenvalue weighted by Gasteiger charge is 2.16. The molecule has 3 N–H and O–H groups in total. The summed E-state index contributed by atoms with van der Waals surface area (Å²) in [5.74, 6) is 0. The summed E-state index contributed by atoms with van der Waals surface area (Å²) < 4.78 is 25.6. The van der Waals surface area contributed by atoms with Gasteiger partial charge in [-0.3, -0.25) is 0 Å². The molecule has 0 aromatic heterocycles. The zero-order valence-corrected chi connectivity index (χ0v) is 9.16. The Bertz CT molecular complexity index is 345. The van der Waals surface area contributed by atoms with Crippen LogP contribution >= 0.6 is 0 Å². The number of nitrogens with two attached hydrogens (primary N) is 1. The third-order valence-electron chi connectivity index (χ3n) is 2.38. The summed E-state index contributed by atoms with van der Waals surface area (Å²) in [4.78, 5) is 1.70. The Morgan fingerprint density at radius 1 is 1.44 bits per heavy atom. The lowest BCUT2D eigenvalue weighted by molar-refractivity contribution is 0.151. The first-order valence-electron chi connectivity index (χ1n) is 5.13. The van der Waals surface area contributed by atoms with Crippen LogP contribution in [0.4, 0.5) is 20.2 Å². The van der Waals surface area contributed by atoms with Crippen LogP contribution in [0.3, 0.4) is 0 Å². The van der Waals surface area contributed by atoms with E-state index in [2.05, 4.69) is 0 Å². The van der Waals surface area contributed by atoms with E-state index in [-0.39, 0.29) is 12.2 Å². The van der Waals surface area contributed by atoms with Crippen LogP contribution in [-0.2, 0) is 0 Å². The van der Waals surface area contributed by atoms with Gasteiger partial charge < -0.3 is 15.7 Å². The lowest BCUT2D eigenvalue weighted by atomic mass is 10.1. The van der Waals surface area contributed by atoms with E-state index in [0.717, 1.165) is 0 Å². The molecular weight excluding hydrogens is 214 g/mol. The molecule has 1 aromatic rings. The van der Waals surface area contributed by atoms with Crippen molar-refractivity contribution >= 4 is 11.4 Å². The van der Waals surface area contributed by atoms with Gasteiger partial charge in [0.15, 0.2) is 0 Å². The highest BCUT2D eigenvalue weighted by molar-refractivity contribution is 5.60. The van der Waals surface area contributed by atoms with Gasteiger partial charge in [-0.2, -0.15) is 0 Å². The Hall–Kier alpha value is -1.36. The zero-order valence-electron chi connectivity index (χ0n) is 9.16. The van der Waals surface area contributed by atoms with Gasteiger partial charge in [0, 0.05) is 30.0 Å². The number of benzene rings is 1. The first-order valence-corrected chi connectivity index (χ1v) is 5.13. The topological polar surface area (TPSA) is 49.5 Å². The number of rotatable bonds is 5. The average Bonchev–Trinajstić information content (AvgIpc) is 2.26. The van der Waals surface area contributed by atoms with Crippen LogP contribution in [0.5, 0.6) is 0 Å². The molecule has 0 heterocycles. The molecule has 0 fully saturated rings. The molecule has 0 radical (unpaired) electrons. The highest BCUT2D eigenvalue weighted by atomic mass is 19.3. The van der Waals surface area contributed by atoms with Crippen molar-refractivity contribution in [1.82, 2.24) is 0 Å². The summed E-state index contributed by atoms with van der Waals surface area (Å²) in [6, 6.07) is 4.43. The molecule has 90 valence electrons. The Labute approximate surface area is 93.5 Å². The van der Waals surface area contributed by atoms with Crippen LogP contribution in [0, 0.1) is 0 Å². The minimum absolute atomic E-state index is 0.0686. The van der Waals surface area contributed by atoms with Gasteiger partial charge in [0.05, 0.1) is 6.61 Å². The van der Waals surface area contributed by atoms with Gasteiger partial charge >= 0.3 is 0 Å². The van der Waals surface area contributed by atoms with Gasteiger partial charge in [-0.15, -0.1) is 0 Å². The highest BCUT2D eigenvalue weighted by Crippen LogP contribution is 2.31. The number of alkyl halides is 2. The number of hydrogen-bond donors (Lipinski definition) is 2. The second-order valence-corrected chi connectivity index (χ2v) is 3.42. The zero-order chi connectivity index (χ0) is 12.1. The van der Waals surface area contributed by atoms with E-state index in [1.807, 2.05) is 6.92 Å². The van der Waals surface area contributed by atoms with Crippen molar-refractivity contribution in [3.63, 3.8) is 0 Å². The van der Waals surface area contributed by atoms with Gasteiger partial charge in [-0.1, -0.05) is 0 Å². The predicted octanol–water partition coefficient (Wildman–Crippen LogP) is 2.02. The molecule has 0 saturated heterocycles. The molecule has 16 heavy (non-hydrogen) atoms. The number of nitrogens with zero attached hydrogens (tertiary/aromatic N) is 1. The summed E-state index contributed by atoms with van der Waals surface area (Å²) in [6.45, 7) is 2.67. The van der Waals surface area contributed by atoms with E-state index in [0.29, 0.717) is 24.5 Å². The molecule has 0 amide bonds. The third kappa shape index (κ3) is 2.82. The molecule has 0 aliphatic heterocycles. The molecule has 0 aliphatic carbocycles. The number of aliphatic hydroxyl groups is 1. The Balaban J connectivity index is 3.09. The van der Waals surface area contributed by atoms with Crippen LogP contribution in [-0.4, -0.2) is 24.8 Å². The fourth-order valence-corrected chi connectivity index (χ4v) is 1.61. The number of anilines is 2. The molecule has 1 rings (SSSR count). The van der Waals surface area contributed by atoms with E-state index in [1.165, 1.54) is 6.07 Å². The normalized spacial score (nSPS) is 10.8. The molecule has 0 spiro atoms. The summed E-state index contributed by atoms with van der Waals surface area (Å²) >= 11 is 0. The number of likely N-dealkylation sites (N-methyl/N-ethyl adjacent to an activating group) is 1. The summed E-state index contributed by atoms with van der Waals surface area (Å²) in [6.07, 6.45) is -2.56.